The van der Waals surface area contributed by atoms with Gasteiger partial charge in [-0.25, -0.2) is 9.18 Å². The molecular weight excluding hydrogens is 425 g/mol. The van der Waals surface area contributed by atoms with Crippen LogP contribution in [-0.4, -0.2) is 26.4 Å². The highest BCUT2D eigenvalue weighted by atomic mass is 19.1. The Morgan fingerprint density at radius 2 is 2.03 bits per heavy atom. The molecular formula is C24H30FN5O3. The van der Waals surface area contributed by atoms with E-state index in [1.165, 1.54) is 10.6 Å². The third kappa shape index (κ3) is 4.92. The van der Waals surface area contributed by atoms with Gasteiger partial charge in [0.25, 0.3) is 5.91 Å². The first-order valence-corrected chi connectivity index (χ1v) is 11.0. The molecule has 1 atom stereocenters. The zero-order valence-corrected chi connectivity index (χ0v) is 19.6. The molecule has 1 heterocycles. The van der Waals surface area contributed by atoms with E-state index in [-0.39, 0.29) is 23.1 Å². The molecule has 33 heavy (non-hydrogen) atoms. The number of nitrogens with zero attached hydrogens (tertiary/aromatic N) is 3. The van der Waals surface area contributed by atoms with Crippen LogP contribution < -0.4 is 21.5 Å². The van der Waals surface area contributed by atoms with Crippen LogP contribution in [0.4, 0.5) is 15.8 Å². The van der Waals surface area contributed by atoms with Crippen molar-refractivity contribution in [2.24, 2.45) is 7.05 Å². The number of carbonyl (C=O) groups excluding carboxylic acids is 1. The Morgan fingerprint density at radius 1 is 1.30 bits per heavy atom. The molecule has 0 unspecified atom stereocenters. The Balaban J connectivity index is 2.09. The normalized spacial score (nSPS) is 11.9. The maximum Gasteiger partial charge on any atom is 0.350 e. The van der Waals surface area contributed by atoms with Crippen molar-refractivity contribution in [3.63, 3.8) is 0 Å². The molecule has 3 rings (SSSR count). The summed E-state index contributed by atoms with van der Waals surface area (Å²) >= 11 is 0. The number of hydrogen-bond acceptors (Lipinski definition) is 5. The quantitative estimate of drug-likeness (QED) is 0.500. The minimum atomic E-state index is -0.761. The molecule has 2 aromatic carbocycles. The number of carbonyl (C=O) groups is 1. The number of anilines is 2. The molecule has 8 nitrogen and oxygen atoms in total. The number of halogens is 1. The number of nitrogens with two attached hydrogens (primary N) is 1. The summed E-state index contributed by atoms with van der Waals surface area (Å²) in [6.45, 7) is 7.54. The van der Waals surface area contributed by atoms with E-state index >= 15 is 4.39 Å². The summed E-state index contributed by atoms with van der Waals surface area (Å²) in [7, 11) is 1.58. The summed E-state index contributed by atoms with van der Waals surface area (Å²) in [5, 5.41) is 7.02. The van der Waals surface area contributed by atoms with Crippen molar-refractivity contribution in [2.75, 3.05) is 11.1 Å². The first-order valence-electron chi connectivity index (χ1n) is 11.0. The summed E-state index contributed by atoms with van der Waals surface area (Å²) in [6, 6.07) is 7.61. The van der Waals surface area contributed by atoms with Gasteiger partial charge in [-0.1, -0.05) is 26.3 Å². The smallest absolute Gasteiger partial charge is 0.350 e. The first-order chi connectivity index (χ1) is 15.7. The molecule has 0 spiro atoms. The van der Waals surface area contributed by atoms with Crippen LogP contribution in [-0.2, 0) is 13.5 Å². The number of amides is 1. The van der Waals surface area contributed by atoms with Gasteiger partial charge >= 0.3 is 5.69 Å². The minimum Gasteiger partial charge on any atom is -0.490 e. The van der Waals surface area contributed by atoms with Gasteiger partial charge in [0.1, 0.15) is 23.1 Å². The molecule has 0 aliphatic carbocycles. The molecule has 3 N–H and O–H groups in total. The fourth-order valence-electron chi connectivity index (χ4n) is 3.58. The number of nitrogens with one attached hydrogen (secondary N) is 1. The largest absolute Gasteiger partial charge is 0.490 e. The molecule has 0 aliphatic heterocycles. The number of rotatable bonds is 8. The van der Waals surface area contributed by atoms with E-state index in [1.54, 1.807) is 32.2 Å². The van der Waals surface area contributed by atoms with E-state index in [4.69, 9.17) is 10.5 Å². The summed E-state index contributed by atoms with van der Waals surface area (Å²) in [5.74, 6) is -0.625. The van der Waals surface area contributed by atoms with Gasteiger partial charge in [-0.2, -0.15) is 4.68 Å². The Hall–Kier alpha value is -3.62. The Kier molecular flexibility index (Phi) is 7.20. The maximum atomic E-state index is 15.2. The Bertz CT molecular complexity index is 1230. The van der Waals surface area contributed by atoms with Crippen LogP contribution in [0.3, 0.4) is 0 Å². The predicted molar refractivity (Wildman–Crippen MR) is 127 cm³/mol. The third-order valence-corrected chi connectivity index (χ3v) is 5.56. The summed E-state index contributed by atoms with van der Waals surface area (Å²) < 4.78 is 23.6. The Morgan fingerprint density at radius 3 is 2.67 bits per heavy atom. The second-order valence-corrected chi connectivity index (χ2v) is 8.01. The van der Waals surface area contributed by atoms with Crippen molar-refractivity contribution in [3.8, 4) is 11.4 Å². The van der Waals surface area contributed by atoms with Gasteiger partial charge in [-0.3, -0.25) is 9.36 Å². The van der Waals surface area contributed by atoms with E-state index in [0.717, 1.165) is 23.6 Å². The van der Waals surface area contributed by atoms with Crippen LogP contribution in [0.25, 0.3) is 5.69 Å². The third-order valence-electron chi connectivity index (χ3n) is 5.56. The van der Waals surface area contributed by atoms with Crippen LogP contribution in [0.2, 0.25) is 0 Å². The van der Waals surface area contributed by atoms with Gasteiger partial charge in [0.15, 0.2) is 0 Å². The standard InChI is InChI=1S/C24H30FN5O3/c1-6-9-14(3)33-21-13-20(30-24(32)29(5)22(7-2)28-30)17(25)12-16(21)23(31)27-19-11-8-10-18(26)15(19)4/h8,10-14H,6-7,9,26H2,1-5H3,(H,27,31)/t14-/m0/s1. The van der Waals surface area contributed by atoms with Gasteiger partial charge in [-0.15, -0.1) is 5.10 Å². The van der Waals surface area contributed by atoms with Gasteiger partial charge < -0.3 is 15.8 Å². The van der Waals surface area contributed by atoms with Crippen molar-refractivity contribution < 1.29 is 13.9 Å². The average Bonchev–Trinajstić information content (AvgIpc) is 3.06. The number of ether oxygens (including phenoxy) is 1. The van der Waals surface area contributed by atoms with Crippen LogP contribution in [0.15, 0.2) is 35.1 Å². The number of hydrogen-bond donors (Lipinski definition) is 2. The summed E-state index contributed by atoms with van der Waals surface area (Å²) in [5.41, 5.74) is 7.15. The highest BCUT2D eigenvalue weighted by molar-refractivity contribution is 6.07. The molecule has 0 saturated carbocycles. The molecule has 0 radical (unpaired) electrons. The first kappa shape index (κ1) is 24.0. The highest BCUT2D eigenvalue weighted by Gasteiger charge is 2.22. The summed E-state index contributed by atoms with van der Waals surface area (Å²) in [6.07, 6.45) is 1.91. The lowest BCUT2D eigenvalue weighted by Gasteiger charge is -2.19. The molecule has 0 aliphatic rings. The SMILES string of the molecule is CCC[C@H](C)Oc1cc(-n2nc(CC)n(C)c2=O)c(F)cc1C(=O)Nc1cccc(N)c1C. The van der Waals surface area contributed by atoms with E-state index in [0.29, 0.717) is 29.2 Å². The molecule has 9 heteroatoms. The number of aromatic nitrogens is 3. The summed E-state index contributed by atoms with van der Waals surface area (Å²) in [4.78, 5) is 25.8. The molecule has 1 aromatic heterocycles. The fraction of sp³-hybridized carbons (Fsp3) is 0.375. The van der Waals surface area contributed by atoms with Crippen LogP contribution >= 0.6 is 0 Å². The van der Waals surface area contributed by atoms with Crippen molar-refractivity contribution in [1.82, 2.24) is 14.3 Å². The van der Waals surface area contributed by atoms with Crippen LogP contribution in [0, 0.1) is 12.7 Å². The molecule has 1 amide bonds. The van der Waals surface area contributed by atoms with Crippen molar-refractivity contribution in [1.29, 1.82) is 0 Å². The molecule has 0 bridgehead atoms. The van der Waals surface area contributed by atoms with E-state index in [9.17, 15) is 9.59 Å². The lowest BCUT2D eigenvalue weighted by Crippen LogP contribution is -2.24. The van der Waals surface area contributed by atoms with E-state index in [1.807, 2.05) is 20.8 Å². The predicted octanol–water partition coefficient (Wildman–Crippen LogP) is 3.98. The second-order valence-electron chi connectivity index (χ2n) is 8.01. The van der Waals surface area contributed by atoms with Crippen molar-refractivity contribution in [3.05, 3.63) is 63.6 Å². The van der Waals surface area contributed by atoms with Gasteiger partial charge in [0.2, 0.25) is 0 Å². The van der Waals surface area contributed by atoms with Crippen LogP contribution in [0.1, 0.15) is 55.4 Å². The van der Waals surface area contributed by atoms with Gasteiger partial charge in [-0.05, 0) is 44.0 Å². The highest BCUT2D eigenvalue weighted by Crippen LogP contribution is 2.29. The fourth-order valence-corrected chi connectivity index (χ4v) is 3.58. The molecule has 0 fully saturated rings. The minimum absolute atomic E-state index is 0.0146. The molecule has 0 saturated heterocycles. The van der Waals surface area contributed by atoms with Crippen molar-refractivity contribution in [2.45, 2.75) is 53.1 Å². The zero-order chi connectivity index (χ0) is 24.3. The van der Waals surface area contributed by atoms with Crippen molar-refractivity contribution >= 4 is 17.3 Å². The topological polar surface area (TPSA) is 104 Å². The van der Waals surface area contributed by atoms with E-state index in [2.05, 4.69) is 10.4 Å². The molecule has 176 valence electrons. The second kappa shape index (κ2) is 9.89. The lowest BCUT2D eigenvalue weighted by atomic mass is 10.1. The average molecular weight is 456 g/mol. The van der Waals surface area contributed by atoms with Gasteiger partial charge in [0, 0.05) is 30.9 Å². The number of aryl methyl sites for hydroxylation is 1. The zero-order valence-electron chi connectivity index (χ0n) is 19.6. The number of benzene rings is 2. The number of nitrogen functional groups attached to an aromatic ring is 1. The lowest BCUT2D eigenvalue weighted by molar-refractivity contribution is 0.101. The monoisotopic (exact) mass is 455 g/mol. The van der Waals surface area contributed by atoms with Gasteiger partial charge in [0.05, 0.1) is 11.7 Å². The molecule has 3 aromatic rings. The maximum absolute atomic E-state index is 15.2. The Labute approximate surface area is 192 Å². The van der Waals surface area contributed by atoms with E-state index < -0.39 is 17.4 Å². The van der Waals surface area contributed by atoms with Crippen LogP contribution in [0.5, 0.6) is 5.75 Å².